The first-order valence-electron chi connectivity index (χ1n) is 13.2. The molecular weight excluding hydrogens is 509 g/mol. The lowest BCUT2D eigenvalue weighted by molar-refractivity contribution is 0.0679. The number of aromatic nitrogens is 1. The lowest BCUT2D eigenvalue weighted by Crippen LogP contribution is -2.55. The molecule has 0 N–H and O–H groups in total. The van der Waals surface area contributed by atoms with Crippen molar-refractivity contribution >= 4 is 5.91 Å². The Balaban J connectivity index is 1.55. The Labute approximate surface area is 231 Å². The molecule has 40 heavy (non-hydrogen) atoms. The topological polar surface area (TPSA) is 64.0 Å². The summed E-state index contributed by atoms with van der Waals surface area (Å²) in [5.41, 5.74) is 2.10. The zero-order valence-electron chi connectivity index (χ0n) is 21.8. The number of hydrogen-bond donors (Lipinski definition) is 0. The highest BCUT2D eigenvalue weighted by Gasteiger charge is 2.38. The van der Waals surface area contributed by atoms with Crippen LogP contribution in [0.15, 0.2) is 108 Å². The Morgan fingerprint density at radius 3 is 2.48 bits per heavy atom. The van der Waals surface area contributed by atoms with Crippen LogP contribution in [0.3, 0.4) is 0 Å². The van der Waals surface area contributed by atoms with Gasteiger partial charge in [0.25, 0.3) is 5.91 Å². The molecule has 6 rings (SSSR count). The predicted octanol–water partition coefficient (Wildman–Crippen LogP) is 5.05. The number of nitrogens with zero attached hydrogens (tertiary/aromatic N) is 3. The van der Waals surface area contributed by atoms with Crippen LogP contribution in [0.25, 0.3) is 0 Å². The molecule has 0 saturated carbocycles. The van der Waals surface area contributed by atoms with Gasteiger partial charge in [0.05, 0.1) is 0 Å². The molecule has 1 amide bonds. The van der Waals surface area contributed by atoms with Crippen molar-refractivity contribution in [1.82, 2.24) is 9.58 Å². The van der Waals surface area contributed by atoms with Gasteiger partial charge in [0.15, 0.2) is 23.0 Å². The van der Waals surface area contributed by atoms with E-state index in [1.165, 1.54) is 12.1 Å². The largest absolute Gasteiger partial charge is 0.486 e. The van der Waals surface area contributed by atoms with Crippen LogP contribution in [0.5, 0.6) is 11.5 Å². The van der Waals surface area contributed by atoms with Crippen molar-refractivity contribution < 1.29 is 18.7 Å². The molecule has 2 bridgehead atoms. The highest BCUT2D eigenvalue weighted by Crippen LogP contribution is 2.38. The van der Waals surface area contributed by atoms with Gasteiger partial charge in [-0.2, -0.15) is 0 Å². The number of carbonyl (C=O) groups is 1. The number of hydrogen-bond acceptors (Lipinski definition) is 5. The minimum absolute atomic E-state index is 0.0174. The van der Waals surface area contributed by atoms with Crippen LogP contribution < -0.4 is 19.9 Å². The maximum absolute atomic E-state index is 15.2. The summed E-state index contributed by atoms with van der Waals surface area (Å²) < 4.78 is 28.9. The molecule has 1 atom stereocenters. The van der Waals surface area contributed by atoms with E-state index >= 15 is 4.39 Å². The van der Waals surface area contributed by atoms with Crippen LogP contribution in [-0.4, -0.2) is 35.3 Å². The molecule has 8 heteroatoms. The fraction of sp³-hybridized carbons (Fsp3) is 0.188. The van der Waals surface area contributed by atoms with E-state index in [0.29, 0.717) is 18.5 Å². The Morgan fingerprint density at radius 2 is 1.68 bits per heavy atom. The maximum atomic E-state index is 15.2. The van der Waals surface area contributed by atoms with Gasteiger partial charge in [0, 0.05) is 24.4 Å². The van der Waals surface area contributed by atoms with Crippen molar-refractivity contribution in [3.63, 3.8) is 0 Å². The van der Waals surface area contributed by atoms with Crippen LogP contribution in [0.2, 0.25) is 0 Å². The van der Waals surface area contributed by atoms with E-state index in [-0.39, 0.29) is 48.4 Å². The van der Waals surface area contributed by atoms with Crippen molar-refractivity contribution in [2.75, 3.05) is 24.8 Å². The zero-order valence-corrected chi connectivity index (χ0v) is 21.8. The summed E-state index contributed by atoms with van der Waals surface area (Å²) >= 11 is 0. The lowest BCUT2D eigenvalue weighted by atomic mass is 9.96. The van der Waals surface area contributed by atoms with E-state index in [1.54, 1.807) is 21.8 Å². The number of halogens is 1. The second-order valence-electron chi connectivity index (χ2n) is 9.67. The van der Waals surface area contributed by atoms with Gasteiger partial charge in [-0.3, -0.25) is 19.3 Å². The van der Waals surface area contributed by atoms with Gasteiger partial charge in [-0.1, -0.05) is 84.9 Å². The number of benzene rings is 3. The highest BCUT2D eigenvalue weighted by atomic mass is 19.1. The molecule has 4 aromatic rings. The first-order valence-corrected chi connectivity index (χ1v) is 13.2. The summed E-state index contributed by atoms with van der Waals surface area (Å²) in [4.78, 5) is 28.8. The fourth-order valence-electron chi connectivity index (χ4n) is 5.21. The van der Waals surface area contributed by atoms with Crippen LogP contribution >= 0.6 is 0 Å². The third-order valence-electron chi connectivity index (χ3n) is 7.10. The first kappa shape index (κ1) is 25.4. The van der Waals surface area contributed by atoms with Gasteiger partial charge >= 0.3 is 0 Å². The van der Waals surface area contributed by atoms with Crippen molar-refractivity contribution in [1.29, 1.82) is 0 Å². The Morgan fingerprint density at radius 1 is 0.900 bits per heavy atom. The van der Waals surface area contributed by atoms with Crippen LogP contribution in [0, 0.1) is 5.82 Å². The monoisotopic (exact) mass is 537 g/mol. The number of pyridine rings is 1. The van der Waals surface area contributed by atoms with Gasteiger partial charge in [-0.25, -0.2) is 4.39 Å². The summed E-state index contributed by atoms with van der Waals surface area (Å²) in [5, 5.41) is 1.95. The average molecular weight is 538 g/mol. The Kier molecular flexibility index (Phi) is 7.06. The summed E-state index contributed by atoms with van der Waals surface area (Å²) in [6.45, 7) is 0.956. The summed E-state index contributed by atoms with van der Waals surface area (Å²) in [6.07, 6.45) is 5.90. The normalized spacial score (nSPS) is 17.5. The standard InChI is InChI=1S/C32H28FN3O4/c33-26-16-10-15-25-28(24-13-6-2-7-14-24)36-22-34(18-8-3-9-20-39-30(25)26)32(38)29-31(27(37)17-19-35(29)36)40-21-23-11-4-1-5-12-23/h1-7,9-17,19,28H,8,18,20-22H2/b9-3+/t28-/m0/s1. The zero-order chi connectivity index (χ0) is 27.5. The molecule has 3 aromatic carbocycles. The minimum Gasteiger partial charge on any atom is -0.486 e. The molecule has 0 unspecified atom stereocenters. The molecule has 0 spiro atoms. The quantitative estimate of drug-likeness (QED) is 0.341. The van der Waals surface area contributed by atoms with E-state index < -0.39 is 11.9 Å². The van der Waals surface area contributed by atoms with Gasteiger partial charge in [0.2, 0.25) is 5.43 Å². The molecule has 1 aromatic heterocycles. The van der Waals surface area contributed by atoms with Gasteiger partial charge in [-0.15, -0.1) is 0 Å². The van der Waals surface area contributed by atoms with E-state index in [1.807, 2.05) is 83.9 Å². The lowest BCUT2D eigenvalue weighted by Gasteiger charge is -2.44. The molecule has 2 aliphatic heterocycles. The smallest absolute Gasteiger partial charge is 0.277 e. The number of carbonyl (C=O) groups excluding carboxylic acids is 1. The van der Waals surface area contributed by atoms with Crippen molar-refractivity contribution in [3.05, 3.63) is 142 Å². The fourth-order valence-corrected chi connectivity index (χ4v) is 5.21. The number of para-hydroxylation sites is 1. The molecule has 0 aliphatic carbocycles. The Hall–Kier alpha value is -4.85. The van der Waals surface area contributed by atoms with Crippen molar-refractivity contribution in [2.24, 2.45) is 0 Å². The second kappa shape index (κ2) is 11.1. The number of ether oxygens (including phenoxy) is 2. The minimum atomic E-state index is -0.547. The SMILES string of the molecule is O=C1c2c(OCc3ccccc3)c(=O)ccn2N2CN1CC/C=C/COc1c(F)cccc1[C@@H]2c1ccccc1. The molecule has 0 fully saturated rings. The van der Waals surface area contributed by atoms with Gasteiger partial charge in [0.1, 0.15) is 25.9 Å². The third-order valence-corrected chi connectivity index (χ3v) is 7.10. The van der Waals surface area contributed by atoms with Crippen molar-refractivity contribution in [3.8, 4) is 11.5 Å². The first-order chi connectivity index (χ1) is 19.6. The van der Waals surface area contributed by atoms with Crippen molar-refractivity contribution in [2.45, 2.75) is 19.1 Å². The average Bonchev–Trinajstić information content (AvgIpc) is 2.97. The van der Waals surface area contributed by atoms with E-state index in [2.05, 4.69) is 0 Å². The highest BCUT2D eigenvalue weighted by molar-refractivity contribution is 5.96. The number of rotatable bonds is 4. The van der Waals surface area contributed by atoms with Crippen LogP contribution in [0.1, 0.15) is 39.6 Å². The summed E-state index contributed by atoms with van der Waals surface area (Å²) in [7, 11) is 0. The molecule has 0 saturated heterocycles. The maximum Gasteiger partial charge on any atom is 0.277 e. The van der Waals surface area contributed by atoms with E-state index in [0.717, 1.165) is 11.1 Å². The molecule has 202 valence electrons. The van der Waals surface area contributed by atoms with Crippen LogP contribution in [-0.2, 0) is 6.61 Å². The summed E-state index contributed by atoms with van der Waals surface area (Å²) in [5.74, 6) is -0.643. The van der Waals surface area contributed by atoms with E-state index in [4.69, 9.17) is 9.47 Å². The van der Waals surface area contributed by atoms with Gasteiger partial charge < -0.3 is 14.4 Å². The number of amides is 1. The van der Waals surface area contributed by atoms with E-state index in [9.17, 15) is 9.59 Å². The molecule has 2 aliphatic rings. The molecular formula is C32H28FN3O4. The molecule has 3 heterocycles. The second-order valence-corrected chi connectivity index (χ2v) is 9.67. The predicted molar refractivity (Wildman–Crippen MR) is 150 cm³/mol. The Bertz CT molecular complexity index is 1600. The molecule has 7 nitrogen and oxygen atoms in total. The number of fused-ring (bicyclic) bond motifs is 5. The third kappa shape index (κ3) is 4.84. The molecule has 0 radical (unpaired) electrons. The van der Waals surface area contributed by atoms with Crippen LogP contribution in [0.4, 0.5) is 4.39 Å². The van der Waals surface area contributed by atoms with Gasteiger partial charge in [-0.05, 0) is 23.6 Å². The summed E-state index contributed by atoms with van der Waals surface area (Å²) in [6, 6.07) is 24.9.